The fourth-order valence-corrected chi connectivity index (χ4v) is 10.8. The van der Waals surface area contributed by atoms with Gasteiger partial charge >= 0.3 is 0 Å². The van der Waals surface area contributed by atoms with Gasteiger partial charge in [-0.05, 0) is 111 Å². The Labute approximate surface area is 191 Å². The highest BCUT2D eigenvalue weighted by Gasteiger charge is 2.67. The third-order valence-electron chi connectivity index (χ3n) is 12.2. The quantitative estimate of drug-likeness (QED) is 0.407. The Hall–Kier alpha value is -0.0800. The maximum Gasteiger partial charge on any atom is 0.171 e. The predicted octanol–water partition coefficient (Wildman–Crippen LogP) is 7.17. The SMILES string of the molecule is CC1CCC2(OC1)OC1(C)CC3C(CC1C2C)C(C)C1C2CC(C)CCC2CC(C)C31. The first-order chi connectivity index (χ1) is 14.7. The van der Waals surface area contributed by atoms with Gasteiger partial charge in [0.15, 0.2) is 5.79 Å². The number of fused-ring (bicyclic) bond motifs is 6. The van der Waals surface area contributed by atoms with E-state index in [1.54, 1.807) is 0 Å². The molecule has 0 aromatic rings. The summed E-state index contributed by atoms with van der Waals surface area (Å²) in [5, 5.41) is 0. The van der Waals surface area contributed by atoms with Crippen LogP contribution in [0.5, 0.6) is 0 Å². The summed E-state index contributed by atoms with van der Waals surface area (Å²) in [6.45, 7) is 16.0. The van der Waals surface area contributed by atoms with E-state index >= 15 is 0 Å². The van der Waals surface area contributed by atoms with Gasteiger partial charge in [-0.15, -0.1) is 0 Å². The lowest BCUT2D eigenvalue weighted by molar-refractivity contribution is -0.288. The normalized spacial score (nSPS) is 63.3. The summed E-state index contributed by atoms with van der Waals surface area (Å²) in [6.07, 6.45) is 11.1. The molecule has 0 N–H and O–H groups in total. The van der Waals surface area contributed by atoms with Gasteiger partial charge in [-0.25, -0.2) is 0 Å². The van der Waals surface area contributed by atoms with Crippen LogP contribution in [-0.4, -0.2) is 18.0 Å². The molecule has 1 spiro atoms. The van der Waals surface area contributed by atoms with Gasteiger partial charge in [0.25, 0.3) is 0 Å². The van der Waals surface area contributed by atoms with Gasteiger partial charge < -0.3 is 9.47 Å². The zero-order chi connectivity index (χ0) is 21.7. The van der Waals surface area contributed by atoms with Crippen LogP contribution in [0.25, 0.3) is 0 Å². The molecule has 2 heteroatoms. The van der Waals surface area contributed by atoms with Crippen molar-refractivity contribution < 1.29 is 9.47 Å². The third-order valence-corrected chi connectivity index (χ3v) is 12.2. The molecule has 176 valence electrons. The molecule has 0 aromatic carbocycles. The molecule has 6 rings (SSSR count). The molecule has 2 heterocycles. The summed E-state index contributed by atoms with van der Waals surface area (Å²) in [6, 6.07) is 0. The Balaban J connectivity index is 1.29. The second-order valence-electron chi connectivity index (χ2n) is 13.9. The van der Waals surface area contributed by atoms with Crippen molar-refractivity contribution >= 4 is 0 Å². The van der Waals surface area contributed by atoms with Crippen LogP contribution >= 0.6 is 0 Å². The van der Waals surface area contributed by atoms with E-state index in [1.165, 1.54) is 44.9 Å². The van der Waals surface area contributed by atoms with Gasteiger partial charge in [-0.1, -0.05) is 41.0 Å². The number of hydrogen-bond donors (Lipinski definition) is 0. The van der Waals surface area contributed by atoms with E-state index in [0.717, 1.165) is 66.3 Å². The van der Waals surface area contributed by atoms with Crippen LogP contribution in [0.3, 0.4) is 0 Å². The van der Waals surface area contributed by atoms with Gasteiger partial charge in [-0.2, -0.15) is 0 Å². The second kappa shape index (κ2) is 7.21. The molecule has 6 fully saturated rings. The smallest absolute Gasteiger partial charge is 0.171 e. The van der Waals surface area contributed by atoms with E-state index in [4.69, 9.17) is 9.47 Å². The molecule has 2 saturated heterocycles. The van der Waals surface area contributed by atoms with Crippen molar-refractivity contribution in [3.8, 4) is 0 Å². The van der Waals surface area contributed by atoms with Crippen molar-refractivity contribution in [2.45, 2.75) is 104 Å². The molecule has 14 unspecified atom stereocenters. The Kier molecular flexibility index (Phi) is 4.99. The first-order valence-electron chi connectivity index (χ1n) is 14.1. The number of hydrogen-bond acceptors (Lipinski definition) is 2. The van der Waals surface area contributed by atoms with Crippen molar-refractivity contribution in [3.63, 3.8) is 0 Å². The molecule has 0 bridgehead atoms. The monoisotopic (exact) mass is 428 g/mol. The molecule has 14 atom stereocenters. The van der Waals surface area contributed by atoms with Crippen molar-refractivity contribution in [2.75, 3.05) is 6.61 Å². The zero-order valence-corrected chi connectivity index (χ0v) is 21.1. The fourth-order valence-electron chi connectivity index (χ4n) is 10.8. The summed E-state index contributed by atoms with van der Waals surface area (Å²) >= 11 is 0. The largest absolute Gasteiger partial charge is 0.349 e. The van der Waals surface area contributed by atoms with Crippen molar-refractivity contribution in [2.24, 2.45) is 71.0 Å². The Morgan fingerprint density at radius 2 is 1.58 bits per heavy atom. The third kappa shape index (κ3) is 3.02. The molecule has 31 heavy (non-hydrogen) atoms. The minimum Gasteiger partial charge on any atom is -0.349 e. The Morgan fingerprint density at radius 1 is 0.774 bits per heavy atom. The lowest BCUT2D eigenvalue weighted by Gasteiger charge is -2.51. The summed E-state index contributed by atoms with van der Waals surface area (Å²) in [5.41, 5.74) is 0.0339. The van der Waals surface area contributed by atoms with Gasteiger partial charge in [0.1, 0.15) is 0 Å². The van der Waals surface area contributed by atoms with Crippen LogP contribution in [0.2, 0.25) is 0 Å². The van der Waals surface area contributed by atoms with Gasteiger partial charge in [-0.3, -0.25) is 0 Å². The Morgan fingerprint density at radius 3 is 2.32 bits per heavy atom. The molecule has 6 aliphatic rings. The minimum atomic E-state index is -0.282. The van der Waals surface area contributed by atoms with Gasteiger partial charge in [0.05, 0.1) is 12.2 Å². The van der Waals surface area contributed by atoms with Crippen LogP contribution in [0.4, 0.5) is 0 Å². The fraction of sp³-hybridized carbons (Fsp3) is 1.00. The van der Waals surface area contributed by atoms with Gasteiger partial charge in [0.2, 0.25) is 0 Å². The highest BCUT2D eigenvalue weighted by atomic mass is 16.7. The summed E-state index contributed by atoms with van der Waals surface area (Å²) in [7, 11) is 0. The van der Waals surface area contributed by atoms with Crippen LogP contribution in [0, 0.1) is 71.0 Å². The van der Waals surface area contributed by atoms with Crippen molar-refractivity contribution in [1.82, 2.24) is 0 Å². The van der Waals surface area contributed by atoms with Crippen molar-refractivity contribution in [3.05, 3.63) is 0 Å². The lowest BCUT2D eigenvalue weighted by Crippen LogP contribution is -2.47. The first kappa shape index (κ1) is 21.5. The number of rotatable bonds is 0. The van der Waals surface area contributed by atoms with E-state index in [2.05, 4.69) is 41.5 Å². The molecule has 4 aliphatic carbocycles. The number of ether oxygens (including phenoxy) is 2. The van der Waals surface area contributed by atoms with Crippen LogP contribution < -0.4 is 0 Å². The van der Waals surface area contributed by atoms with Gasteiger partial charge in [0, 0.05) is 12.3 Å². The lowest BCUT2D eigenvalue weighted by atomic mass is 9.55. The van der Waals surface area contributed by atoms with E-state index < -0.39 is 0 Å². The van der Waals surface area contributed by atoms with E-state index in [1.807, 2.05) is 0 Å². The van der Waals surface area contributed by atoms with Crippen LogP contribution in [-0.2, 0) is 9.47 Å². The maximum atomic E-state index is 7.10. The predicted molar refractivity (Wildman–Crippen MR) is 125 cm³/mol. The molecule has 0 aromatic heterocycles. The van der Waals surface area contributed by atoms with E-state index in [-0.39, 0.29) is 11.4 Å². The molecule has 0 radical (unpaired) electrons. The zero-order valence-electron chi connectivity index (χ0n) is 21.1. The van der Waals surface area contributed by atoms with Crippen LogP contribution in [0.1, 0.15) is 92.9 Å². The molecule has 4 saturated carbocycles. The topological polar surface area (TPSA) is 18.5 Å². The molecule has 2 nitrogen and oxygen atoms in total. The summed E-state index contributed by atoms with van der Waals surface area (Å²) in [4.78, 5) is 0. The van der Waals surface area contributed by atoms with E-state index in [0.29, 0.717) is 17.8 Å². The first-order valence-corrected chi connectivity index (χ1v) is 14.1. The second-order valence-corrected chi connectivity index (χ2v) is 13.9. The summed E-state index contributed by atoms with van der Waals surface area (Å²) in [5.74, 6) is 10.2. The molecular weight excluding hydrogens is 380 g/mol. The summed E-state index contributed by atoms with van der Waals surface area (Å²) < 4.78 is 13.6. The van der Waals surface area contributed by atoms with Crippen LogP contribution in [0.15, 0.2) is 0 Å². The maximum absolute atomic E-state index is 7.10. The molecular formula is C29H48O2. The standard InChI is InChI=1S/C29H48O2/c1-16-7-8-21-12-18(3)26-24-14-28(6)25(13-22(24)19(4)27(26)23(21)11-16)20(5)29(31-28)10-9-17(2)15-30-29/h16-27H,7-15H2,1-6H3. The average Bonchev–Trinajstić information content (AvgIpc) is 3.12. The highest BCUT2D eigenvalue weighted by Crippen LogP contribution is 2.68. The molecule has 2 aliphatic heterocycles. The van der Waals surface area contributed by atoms with Crippen molar-refractivity contribution in [1.29, 1.82) is 0 Å². The average molecular weight is 429 g/mol. The van der Waals surface area contributed by atoms with E-state index in [9.17, 15) is 0 Å². The molecule has 0 amide bonds. The highest BCUT2D eigenvalue weighted by molar-refractivity contribution is 5.13. The minimum absolute atomic E-state index is 0.0339. The Bertz CT molecular complexity index is 695.